The van der Waals surface area contributed by atoms with Crippen LogP contribution in [-0.2, 0) is 26.0 Å². The van der Waals surface area contributed by atoms with E-state index in [1.54, 1.807) is 6.92 Å². The Morgan fingerprint density at radius 3 is 2.71 bits per heavy atom. The van der Waals surface area contributed by atoms with Crippen molar-refractivity contribution in [2.45, 2.75) is 52.6 Å². The van der Waals surface area contributed by atoms with Crippen LogP contribution < -0.4 is 10.6 Å². The highest BCUT2D eigenvalue weighted by atomic mass is 32.2. The maximum Gasteiger partial charge on any atom is 0.226 e. The van der Waals surface area contributed by atoms with E-state index in [2.05, 4.69) is 15.6 Å². The third-order valence-electron chi connectivity index (χ3n) is 5.86. The first kappa shape index (κ1) is 25.9. The molecule has 10 heteroatoms. The largest absolute Gasteiger partial charge is 0.441 e. The van der Waals surface area contributed by atoms with Gasteiger partial charge >= 0.3 is 0 Å². The molecule has 1 atom stereocenters. The van der Waals surface area contributed by atoms with Crippen LogP contribution in [0.25, 0.3) is 11.5 Å². The molecule has 0 spiro atoms. The zero-order valence-corrected chi connectivity index (χ0v) is 21.1. The molecule has 1 aromatic carbocycles. The minimum absolute atomic E-state index is 0.0240. The van der Waals surface area contributed by atoms with Gasteiger partial charge in [0.15, 0.2) is 9.84 Å². The van der Waals surface area contributed by atoms with Gasteiger partial charge in [0.1, 0.15) is 11.5 Å². The standard InChI is InChI=1S/C24H34N4O5S/c1-16(2)12-23(30)26-19-7-5-6-18(13-19)24-27-21(17(3)33-24)14-25-22(29)8-10-28(4)20-9-11-34(31,32)15-20/h5-7,13,16,20H,8-12,14-15H2,1-4H3,(H,25,29)(H,26,30). The summed E-state index contributed by atoms with van der Waals surface area (Å²) in [6, 6.07) is 7.28. The van der Waals surface area contributed by atoms with E-state index in [9.17, 15) is 18.0 Å². The number of aryl methyl sites for hydroxylation is 1. The molecule has 0 bridgehead atoms. The second kappa shape index (κ2) is 11.1. The van der Waals surface area contributed by atoms with E-state index in [4.69, 9.17) is 4.42 Å². The Hall–Kier alpha value is -2.72. The molecule has 34 heavy (non-hydrogen) atoms. The molecule has 2 N–H and O–H groups in total. The van der Waals surface area contributed by atoms with Crippen LogP contribution in [0.4, 0.5) is 5.69 Å². The molecule has 1 fully saturated rings. The van der Waals surface area contributed by atoms with Gasteiger partial charge in [0.05, 0.1) is 18.1 Å². The summed E-state index contributed by atoms with van der Waals surface area (Å²) >= 11 is 0. The predicted octanol–water partition coefficient (Wildman–Crippen LogP) is 2.76. The van der Waals surface area contributed by atoms with Crippen molar-refractivity contribution in [1.29, 1.82) is 0 Å². The topological polar surface area (TPSA) is 122 Å². The number of hydrogen-bond donors (Lipinski definition) is 2. The van der Waals surface area contributed by atoms with Gasteiger partial charge in [0, 0.05) is 36.7 Å². The summed E-state index contributed by atoms with van der Waals surface area (Å²) in [5.41, 5.74) is 2.04. The molecule has 9 nitrogen and oxygen atoms in total. The van der Waals surface area contributed by atoms with Gasteiger partial charge in [-0.15, -0.1) is 0 Å². The lowest BCUT2D eigenvalue weighted by molar-refractivity contribution is -0.121. The van der Waals surface area contributed by atoms with Crippen LogP contribution in [0.1, 0.15) is 44.6 Å². The average molecular weight is 491 g/mol. The maximum absolute atomic E-state index is 12.3. The molecule has 1 aliphatic heterocycles. The van der Waals surface area contributed by atoms with Crippen LogP contribution in [0.2, 0.25) is 0 Å². The molecular formula is C24H34N4O5S. The number of carbonyl (C=O) groups is 2. The van der Waals surface area contributed by atoms with Crippen molar-refractivity contribution in [2.24, 2.45) is 5.92 Å². The number of oxazole rings is 1. The summed E-state index contributed by atoms with van der Waals surface area (Å²) in [5.74, 6) is 1.51. The lowest BCUT2D eigenvalue weighted by Gasteiger charge is -2.22. The molecule has 0 radical (unpaired) electrons. The fourth-order valence-electron chi connectivity index (χ4n) is 3.88. The number of anilines is 1. The van der Waals surface area contributed by atoms with E-state index < -0.39 is 9.84 Å². The summed E-state index contributed by atoms with van der Waals surface area (Å²) in [7, 11) is -1.09. The first-order valence-corrected chi connectivity index (χ1v) is 13.4. The van der Waals surface area contributed by atoms with Crippen molar-refractivity contribution < 1.29 is 22.4 Å². The van der Waals surface area contributed by atoms with Gasteiger partial charge in [-0.1, -0.05) is 19.9 Å². The van der Waals surface area contributed by atoms with Gasteiger partial charge in [-0.2, -0.15) is 0 Å². The molecular weight excluding hydrogens is 456 g/mol. The number of carbonyl (C=O) groups excluding carboxylic acids is 2. The lowest BCUT2D eigenvalue weighted by Crippen LogP contribution is -2.36. The lowest BCUT2D eigenvalue weighted by atomic mass is 10.1. The predicted molar refractivity (Wildman–Crippen MR) is 131 cm³/mol. The first-order valence-electron chi connectivity index (χ1n) is 11.6. The van der Waals surface area contributed by atoms with E-state index in [1.807, 2.05) is 50.1 Å². The third-order valence-corrected chi connectivity index (χ3v) is 7.61. The molecule has 1 aromatic heterocycles. The van der Waals surface area contributed by atoms with E-state index >= 15 is 0 Å². The monoisotopic (exact) mass is 490 g/mol. The Labute approximate surface area is 201 Å². The Bertz CT molecular complexity index is 1130. The highest BCUT2D eigenvalue weighted by molar-refractivity contribution is 7.91. The molecule has 3 rings (SSSR count). The Morgan fingerprint density at radius 2 is 2.03 bits per heavy atom. The molecule has 1 saturated heterocycles. The van der Waals surface area contributed by atoms with Crippen molar-refractivity contribution in [1.82, 2.24) is 15.2 Å². The van der Waals surface area contributed by atoms with Gasteiger partial charge in [0.25, 0.3) is 0 Å². The molecule has 0 aliphatic carbocycles. The Balaban J connectivity index is 1.52. The van der Waals surface area contributed by atoms with Crippen molar-refractivity contribution in [3.63, 3.8) is 0 Å². The van der Waals surface area contributed by atoms with Crippen molar-refractivity contribution >= 4 is 27.3 Å². The zero-order chi connectivity index (χ0) is 24.9. The molecule has 1 unspecified atom stereocenters. The molecule has 2 aromatic rings. The number of rotatable bonds is 10. The molecule has 186 valence electrons. The quantitative estimate of drug-likeness (QED) is 0.525. The third kappa shape index (κ3) is 7.39. The van der Waals surface area contributed by atoms with Gasteiger partial charge in [-0.25, -0.2) is 13.4 Å². The van der Waals surface area contributed by atoms with E-state index in [1.165, 1.54) is 0 Å². The Morgan fingerprint density at radius 1 is 1.26 bits per heavy atom. The van der Waals surface area contributed by atoms with Crippen LogP contribution in [0.3, 0.4) is 0 Å². The Kier molecular flexibility index (Phi) is 8.48. The second-order valence-corrected chi connectivity index (χ2v) is 11.5. The van der Waals surface area contributed by atoms with Gasteiger partial charge in [-0.05, 0) is 44.5 Å². The van der Waals surface area contributed by atoms with Gasteiger partial charge in [0.2, 0.25) is 17.7 Å². The highest BCUT2D eigenvalue weighted by Gasteiger charge is 2.30. The average Bonchev–Trinajstić information content (AvgIpc) is 3.31. The van der Waals surface area contributed by atoms with Gasteiger partial charge in [-0.3, -0.25) is 9.59 Å². The van der Waals surface area contributed by atoms with Crippen LogP contribution in [0, 0.1) is 12.8 Å². The van der Waals surface area contributed by atoms with E-state index in [0.717, 1.165) is 5.56 Å². The number of sulfone groups is 1. The van der Waals surface area contributed by atoms with Crippen molar-refractivity contribution in [2.75, 3.05) is 30.4 Å². The number of nitrogens with one attached hydrogen (secondary N) is 2. The molecule has 2 heterocycles. The summed E-state index contributed by atoms with van der Waals surface area (Å²) < 4.78 is 29.1. The van der Waals surface area contributed by atoms with E-state index in [0.29, 0.717) is 42.4 Å². The summed E-state index contributed by atoms with van der Waals surface area (Å²) in [6.45, 7) is 6.50. The minimum atomic E-state index is -2.95. The fraction of sp³-hybridized carbons (Fsp3) is 0.542. The van der Waals surface area contributed by atoms with Gasteiger partial charge < -0.3 is 20.0 Å². The van der Waals surface area contributed by atoms with E-state index in [-0.39, 0.29) is 48.2 Å². The first-order chi connectivity index (χ1) is 16.0. The SMILES string of the molecule is Cc1oc(-c2cccc(NC(=O)CC(C)C)c2)nc1CNC(=O)CCN(C)C1CCS(=O)(=O)C1. The number of nitrogens with zero attached hydrogens (tertiary/aromatic N) is 2. The zero-order valence-electron chi connectivity index (χ0n) is 20.3. The maximum atomic E-state index is 12.3. The molecule has 0 saturated carbocycles. The normalized spacial score (nSPS) is 17.3. The fourth-order valence-corrected chi connectivity index (χ4v) is 5.69. The number of benzene rings is 1. The smallest absolute Gasteiger partial charge is 0.226 e. The summed E-state index contributed by atoms with van der Waals surface area (Å²) in [6.07, 6.45) is 1.33. The van der Waals surface area contributed by atoms with Crippen LogP contribution in [0.5, 0.6) is 0 Å². The van der Waals surface area contributed by atoms with Crippen LogP contribution >= 0.6 is 0 Å². The minimum Gasteiger partial charge on any atom is -0.441 e. The van der Waals surface area contributed by atoms with Crippen LogP contribution in [-0.4, -0.2) is 61.3 Å². The molecule has 1 aliphatic rings. The molecule has 2 amide bonds. The van der Waals surface area contributed by atoms with Crippen molar-refractivity contribution in [3.8, 4) is 11.5 Å². The van der Waals surface area contributed by atoms with Crippen molar-refractivity contribution in [3.05, 3.63) is 35.7 Å². The number of amides is 2. The van der Waals surface area contributed by atoms with Crippen LogP contribution in [0.15, 0.2) is 28.7 Å². The number of hydrogen-bond acceptors (Lipinski definition) is 7. The highest BCUT2D eigenvalue weighted by Crippen LogP contribution is 2.25. The summed E-state index contributed by atoms with van der Waals surface area (Å²) in [5, 5.41) is 5.75. The number of aromatic nitrogens is 1. The summed E-state index contributed by atoms with van der Waals surface area (Å²) in [4.78, 5) is 30.8. The second-order valence-electron chi connectivity index (χ2n) is 9.31.